The molecule has 1 aliphatic carbocycles. The molecule has 16 heavy (non-hydrogen) atoms. The topological polar surface area (TPSA) is 54.4 Å². The molecule has 3 nitrogen and oxygen atoms in total. The monoisotopic (exact) mass is 284 g/mol. The fourth-order valence-electron chi connectivity index (χ4n) is 1.78. The molecule has 2 atom stereocenters. The third kappa shape index (κ3) is 3.27. The Labute approximate surface area is 103 Å². The molecule has 0 aliphatic heterocycles. The maximum Gasteiger partial charge on any atom is 0.373 e. The summed E-state index contributed by atoms with van der Waals surface area (Å²) >= 11 is 3.55. The lowest BCUT2D eigenvalue weighted by molar-refractivity contribution is -0.191. The summed E-state index contributed by atoms with van der Waals surface area (Å²) < 4.78 is 1.18. The molecule has 0 radical (unpaired) electrons. The first-order valence-corrected chi connectivity index (χ1v) is 5.79. The van der Waals surface area contributed by atoms with E-state index in [1.807, 2.05) is 0 Å². The average Bonchev–Trinajstić information content (AvgIpc) is 3.02. The number of rotatable bonds is 2. The predicted molar refractivity (Wildman–Crippen MR) is 61.8 cm³/mol. The molecule has 0 heterocycles. The number of hydrogen-bond donors (Lipinski definition) is 1. The zero-order valence-electron chi connectivity index (χ0n) is 8.94. The van der Waals surface area contributed by atoms with Gasteiger partial charge in [-0.2, -0.15) is 9.59 Å². The summed E-state index contributed by atoms with van der Waals surface area (Å²) in [5, 5.41) is 8.98. The van der Waals surface area contributed by atoms with Gasteiger partial charge in [-0.1, -0.05) is 33.6 Å². The van der Waals surface area contributed by atoms with Crippen molar-refractivity contribution in [2.75, 3.05) is 6.61 Å². The van der Waals surface area contributed by atoms with Crippen LogP contribution in [0.5, 0.6) is 0 Å². The Kier molecular flexibility index (Phi) is 4.87. The summed E-state index contributed by atoms with van der Waals surface area (Å²) in [6.07, 6.45) is 1.39. The number of benzene rings is 1. The van der Waals surface area contributed by atoms with Crippen molar-refractivity contribution in [2.45, 2.75) is 19.3 Å². The van der Waals surface area contributed by atoms with Crippen LogP contribution in [0.1, 0.15) is 23.5 Å². The van der Waals surface area contributed by atoms with Crippen LogP contribution in [-0.2, 0) is 9.59 Å². The predicted octanol–water partition coefficient (Wildman–Crippen LogP) is 2.27. The number of aliphatic hydroxyl groups is 1. The average molecular weight is 285 g/mol. The molecule has 0 amide bonds. The molecule has 0 unspecified atom stereocenters. The van der Waals surface area contributed by atoms with Crippen LogP contribution in [0.3, 0.4) is 0 Å². The van der Waals surface area contributed by atoms with Crippen molar-refractivity contribution in [3.8, 4) is 0 Å². The Hall–Kier alpha value is -0.960. The van der Waals surface area contributed by atoms with E-state index in [1.165, 1.54) is 15.6 Å². The Morgan fingerprint density at radius 3 is 2.62 bits per heavy atom. The molecule has 2 rings (SSSR count). The van der Waals surface area contributed by atoms with Gasteiger partial charge in [0.2, 0.25) is 0 Å². The third-order valence-corrected chi connectivity index (χ3v) is 3.43. The van der Waals surface area contributed by atoms with Crippen LogP contribution in [0, 0.1) is 12.8 Å². The summed E-state index contributed by atoms with van der Waals surface area (Å²) in [7, 11) is 0. The fourth-order valence-corrected chi connectivity index (χ4v) is 2.32. The maximum absolute atomic E-state index is 8.98. The van der Waals surface area contributed by atoms with E-state index in [9.17, 15) is 0 Å². The van der Waals surface area contributed by atoms with Crippen molar-refractivity contribution in [3.63, 3.8) is 0 Å². The van der Waals surface area contributed by atoms with E-state index in [0.717, 1.165) is 6.42 Å². The van der Waals surface area contributed by atoms with Gasteiger partial charge in [0.1, 0.15) is 0 Å². The Balaban J connectivity index is 0.000000386. The van der Waals surface area contributed by atoms with Crippen LogP contribution < -0.4 is 0 Å². The molecule has 1 aromatic rings. The quantitative estimate of drug-likeness (QED) is 0.907. The number of hydrogen-bond acceptors (Lipinski definition) is 3. The Bertz CT molecular complexity index is 397. The SMILES string of the molecule is Cc1ccc(Br)c([C@@H]2C[C@@H]2CO)c1.O=C=O. The van der Waals surface area contributed by atoms with E-state index in [1.54, 1.807) is 0 Å². The van der Waals surface area contributed by atoms with Gasteiger partial charge in [0.15, 0.2) is 0 Å². The van der Waals surface area contributed by atoms with E-state index in [4.69, 9.17) is 14.7 Å². The molecule has 0 bridgehead atoms. The number of aryl methyl sites for hydroxylation is 1. The number of aliphatic hydroxyl groups excluding tert-OH is 1. The summed E-state index contributed by atoms with van der Waals surface area (Å²) in [4.78, 5) is 16.2. The van der Waals surface area contributed by atoms with Crippen molar-refractivity contribution >= 4 is 22.1 Å². The minimum atomic E-state index is 0.250. The lowest BCUT2D eigenvalue weighted by atomic mass is 10.1. The standard InChI is InChI=1S/C11H13BrO.CO2/c1-7-2-3-11(12)10(4-7)9-5-8(9)6-13;2-1-3/h2-4,8-9,13H,5-6H2,1H3;/t8-,9-;/m1./s1. The first-order chi connectivity index (χ1) is 7.63. The van der Waals surface area contributed by atoms with Gasteiger partial charge in [0, 0.05) is 11.1 Å². The highest BCUT2D eigenvalue weighted by Crippen LogP contribution is 2.49. The molecule has 1 fully saturated rings. The highest BCUT2D eigenvalue weighted by Gasteiger charge is 2.38. The van der Waals surface area contributed by atoms with Gasteiger partial charge in [-0.3, -0.25) is 0 Å². The van der Waals surface area contributed by atoms with E-state index < -0.39 is 0 Å². The van der Waals surface area contributed by atoms with Gasteiger partial charge in [-0.15, -0.1) is 0 Å². The summed E-state index contributed by atoms with van der Waals surface area (Å²) in [6, 6.07) is 6.41. The van der Waals surface area contributed by atoms with E-state index in [-0.39, 0.29) is 6.15 Å². The highest BCUT2D eigenvalue weighted by atomic mass is 79.9. The van der Waals surface area contributed by atoms with Gasteiger partial charge in [0.25, 0.3) is 0 Å². The summed E-state index contributed by atoms with van der Waals surface area (Å²) in [5.74, 6) is 1.08. The highest BCUT2D eigenvalue weighted by molar-refractivity contribution is 9.10. The molecule has 1 saturated carbocycles. The van der Waals surface area contributed by atoms with Crippen LogP contribution in [0.4, 0.5) is 0 Å². The molecule has 0 spiro atoms. The van der Waals surface area contributed by atoms with E-state index in [2.05, 4.69) is 41.1 Å². The van der Waals surface area contributed by atoms with Crippen LogP contribution in [0.25, 0.3) is 0 Å². The van der Waals surface area contributed by atoms with Gasteiger partial charge in [-0.05, 0) is 36.8 Å². The molecule has 86 valence electrons. The van der Waals surface area contributed by atoms with Gasteiger partial charge < -0.3 is 5.11 Å². The second-order valence-corrected chi connectivity index (χ2v) is 4.75. The van der Waals surface area contributed by atoms with E-state index in [0.29, 0.717) is 18.4 Å². The smallest absolute Gasteiger partial charge is 0.373 e. The second kappa shape index (κ2) is 5.94. The second-order valence-electron chi connectivity index (χ2n) is 3.89. The van der Waals surface area contributed by atoms with Crippen molar-refractivity contribution in [1.82, 2.24) is 0 Å². The minimum Gasteiger partial charge on any atom is -0.396 e. The van der Waals surface area contributed by atoms with Crippen LogP contribution >= 0.6 is 15.9 Å². The molecule has 1 aromatic carbocycles. The van der Waals surface area contributed by atoms with Crippen LogP contribution in [-0.4, -0.2) is 17.9 Å². The largest absolute Gasteiger partial charge is 0.396 e. The van der Waals surface area contributed by atoms with Gasteiger partial charge >= 0.3 is 6.15 Å². The lowest BCUT2D eigenvalue weighted by Gasteiger charge is -2.04. The normalized spacial score (nSPS) is 21.7. The molecule has 1 N–H and O–H groups in total. The fraction of sp³-hybridized carbons (Fsp3) is 0.417. The molecular weight excluding hydrogens is 272 g/mol. The Morgan fingerprint density at radius 1 is 1.50 bits per heavy atom. The Morgan fingerprint density at radius 2 is 2.12 bits per heavy atom. The van der Waals surface area contributed by atoms with Crippen molar-refractivity contribution < 1.29 is 14.7 Å². The van der Waals surface area contributed by atoms with Gasteiger partial charge in [-0.25, -0.2) is 0 Å². The number of halogens is 1. The zero-order valence-corrected chi connectivity index (χ0v) is 10.5. The molecular formula is C12H13BrO3. The number of carbonyl (C=O) groups excluding carboxylic acids is 2. The van der Waals surface area contributed by atoms with Gasteiger partial charge in [0.05, 0.1) is 0 Å². The third-order valence-electron chi connectivity index (χ3n) is 2.71. The lowest BCUT2D eigenvalue weighted by Crippen LogP contribution is -1.90. The zero-order chi connectivity index (χ0) is 12.1. The summed E-state index contributed by atoms with van der Waals surface area (Å²) in [6.45, 7) is 2.43. The molecule has 0 aromatic heterocycles. The van der Waals surface area contributed by atoms with E-state index >= 15 is 0 Å². The minimum absolute atomic E-state index is 0.250. The van der Waals surface area contributed by atoms with Crippen molar-refractivity contribution in [2.24, 2.45) is 5.92 Å². The molecule has 0 saturated heterocycles. The molecule has 4 heteroatoms. The van der Waals surface area contributed by atoms with Crippen LogP contribution in [0.15, 0.2) is 22.7 Å². The van der Waals surface area contributed by atoms with Crippen LogP contribution in [0.2, 0.25) is 0 Å². The van der Waals surface area contributed by atoms with Crippen molar-refractivity contribution in [3.05, 3.63) is 33.8 Å². The summed E-state index contributed by atoms with van der Waals surface area (Å²) in [5.41, 5.74) is 2.65. The molecule has 1 aliphatic rings. The van der Waals surface area contributed by atoms with Crippen molar-refractivity contribution in [1.29, 1.82) is 0 Å². The first kappa shape index (κ1) is 13.1. The first-order valence-electron chi connectivity index (χ1n) is 5.00. The maximum atomic E-state index is 8.98.